The molecule has 23 heavy (non-hydrogen) atoms. The molecule has 2 rings (SSSR count). The number of thiophene rings is 1. The Morgan fingerprint density at radius 3 is 2.91 bits per heavy atom. The summed E-state index contributed by atoms with van der Waals surface area (Å²) in [6.45, 7) is 4.19. The van der Waals surface area contributed by atoms with Crippen molar-refractivity contribution in [3.63, 3.8) is 0 Å². The van der Waals surface area contributed by atoms with Crippen LogP contribution in [0.4, 0.5) is 0 Å². The average molecular weight is 445 g/mol. The predicted octanol–water partition coefficient (Wildman–Crippen LogP) is 3.80. The van der Waals surface area contributed by atoms with Crippen LogP contribution in [0.5, 0.6) is 5.75 Å². The minimum absolute atomic E-state index is 0. The number of nitrogens with two attached hydrogens (primary N) is 1. The van der Waals surface area contributed by atoms with Gasteiger partial charge in [-0.1, -0.05) is 25.1 Å². The lowest BCUT2D eigenvalue weighted by molar-refractivity contribution is 0.317. The molecule has 1 aromatic carbocycles. The molecule has 0 spiro atoms. The van der Waals surface area contributed by atoms with E-state index >= 15 is 0 Å². The molecule has 0 aliphatic heterocycles. The summed E-state index contributed by atoms with van der Waals surface area (Å²) in [7, 11) is 0. The van der Waals surface area contributed by atoms with Crippen molar-refractivity contribution in [3.8, 4) is 5.75 Å². The molecule has 1 aromatic heterocycles. The van der Waals surface area contributed by atoms with E-state index in [1.165, 1.54) is 4.88 Å². The molecule has 4 nitrogen and oxygen atoms in total. The van der Waals surface area contributed by atoms with E-state index in [1.807, 2.05) is 24.3 Å². The summed E-state index contributed by atoms with van der Waals surface area (Å²) < 4.78 is 5.61. The fourth-order valence-corrected chi connectivity index (χ4v) is 2.66. The molecule has 0 unspecified atom stereocenters. The topological polar surface area (TPSA) is 59.6 Å². The Morgan fingerprint density at radius 1 is 1.30 bits per heavy atom. The number of nitrogens with one attached hydrogen (secondary N) is 1. The number of hydrogen-bond acceptors (Lipinski definition) is 3. The zero-order valence-electron chi connectivity index (χ0n) is 13.3. The van der Waals surface area contributed by atoms with E-state index in [0.29, 0.717) is 12.5 Å². The highest BCUT2D eigenvalue weighted by Gasteiger charge is 1.98. The van der Waals surface area contributed by atoms with Gasteiger partial charge in [-0.25, -0.2) is 4.99 Å². The zero-order valence-corrected chi connectivity index (χ0v) is 16.5. The summed E-state index contributed by atoms with van der Waals surface area (Å²) in [5.41, 5.74) is 6.98. The van der Waals surface area contributed by atoms with Crippen LogP contribution in [0, 0.1) is 0 Å². The van der Waals surface area contributed by atoms with Crippen molar-refractivity contribution in [2.24, 2.45) is 10.7 Å². The van der Waals surface area contributed by atoms with Crippen LogP contribution in [0.2, 0.25) is 0 Å². The molecule has 1 heterocycles. The smallest absolute Gasteiger partial charge is 0.188 e. The van der Waals surface area contributed by atoms with E-state index < -0.39 is 0 Å². The Morgan fingerprint density at radius 2 is 2.17 bits per heavy atom. The third-order valence-electron chi connectivity index (χ3n) is 3.06. The molecule has 0 bridgehead atoms. The summed E-state index contributed by atoms with van der Waals surface area (Å²) in [6, 6.07) is 12.2. The Kier molecular flexibility index (Phi) is 9.70. The highest BCUT2D eigenvalue weighted by molar-refractivity contribution is 14.0. The number of benzene rings is 1. The fraction of sp³-hybridized carbons (Fsp3) is 0.353. The Labute approximate surface area is 159 Å². The van der Waals surface area contributed by atoms with Crippen LogP contribution in [0.3, 0.4) is 0 Å². The number of rotatable bonds is 8. The second-order valence-electron chi connectivity index (χ2n) is 4.95. The van der Waals surface area contributed by atoms with Gasteiger partial charge >= 0.3 is 0 Å². The fourth-order valence-electron chi connectivity index (χ4n) is 1.95. The second kappa shape index (κ2) is 11.3. The van der Waals surface area contributed by atoms with Crippen molar-refractivity contribution in [1.29, 1.82) is 0 Å². The first-order chi connectivity index (χ1) is 10.8. The number of hydrogen-bond donors (Lipinski definition) is 2. The van der Waals surface area contributed by atoms with Gasteiger partial charge < -0.3 is 15.8 Å². The van der Waals surface area contributed by atoms with Gasteiger partial charge in [-0.05, 0) is 42.0 Å². The maximum Gasteiger partial charge on any atom is 0.188 e. The van der Waals surface area contributed by atoms with Gasteiger partial charge in [-0.2, -0.15) is 0 Å². The van der Waals surface area contributed by atoms with Crippen molar-refractivity contribution in [2.75, 3.05) is 13.2 Å². The van der Waals surface area contributed by atoms with Gasteiger partial charge in [-0.3, -0.25) is 0 Å². The quantitative estimate of drug-likeness (QED) is 0.369. The molecule has 3 N–H and O–H groups in total. The summed E-state index contributed by atoms with van der Waals surface area (Å²) in [4.78, 5) is 5.71. The average Bonchev–Trinajstić information content (AvgIpc) is 3.05. The molecule has 0 fully saturated rings. The molecule has 0 aliphatic carbocycles. The van der Waals surface area contributed by atoms with E-state index in [0.717, 1.165) is 37.3 Å². The van der Waals surface area contributed by atoms with E-state index in [4.69, 9.17) is 10.5 Å². The Bertz CT molecular complexity index is 587. The normalized spacial score (nSPS) is 10.9. The minimum atomic E-state index is 0. The standard InChI is InChI=1S/C17H23N3OS.HI/c1-2-10-21-15-6-3-5-14(12-15)13-20-17(18)19-9-8-16-7-4-11-22-16;/h3-7,11-12H,2,8-10,13H2,1H3,(H3,18,19,20);1H. The molecule has 0 saturated carbocycles. The van der Waals surface area contributed by atoms with E-state index in [1.54, 1.807) is 11.3 Å². The number of nitrogens with zero attached hydrogens (tertiary/aromatic N) is 1. The highest BCUT2D eigenvalue weighted by atomic mass is 127. The predicted molar refractivity (Wildman–Crippen MR) is 109 cm³/mol. The van der Waals surface area contributed by atoms with Gasteiger partial charge in [0.1, 0.15) is 5.75 Å². The molecule has 6 heteroatoms. The van der Waals surface area contributed by atoms with Crippen LogP contribution in [0.1, 0.15) is 23.8 Å². The van der Waals surface area contributed by atoms with E-state index in [2.05, 4.69) is 34.7 Å². The molecule has 0 aliphatic rings. The number of guanidine groups is 1. The van der Waals surface area contributed by atoms with Crippen LogP contribution >= 0.6 is 35.3 Å². The maximum absolute atomic E-state index is 5.89. The van der Waals surface area contributed by atoms with Crippen molar-refractivity contribution in [2.45, 2.75) is 26.3 Å². The molecule has 2 aromatic rings. The molecular weight excluding hydrogens is 421 g/mol. The molecule has 0 amide bonds. The summed E-state index contributed by atoms with van der Waals surface area (Å²) in [5, 5.41) is 5.23. The SMILES string of the molecule is CCCOc1cccc(CN=C(N)NCCc2cccs2)c1.I. The largest absolute Gasteiger partial charge is 0.494 e. The van der Waals surface area contributed by atoms with E-state index in [9.17, 15) is 0 Å². The second-order valence-corrected chi connectivity index (χ2v) is 5.99. The first kappa shape index (κ1) is 19.8. The van der Waals surface area contributed by atoms with Crippen LogP contribution in [-0.4, -0.2) is 19.1 Å². The van der Waals surface area contributed by atoms with Crippen molar-refractivity contribution >= 4 is 41.3 Å². The highest BCUT2D eigenvalue weighted by Crippen LogP contribution is 2.14. The van der Waals surface area contributed by atoms with Gasteiger partial charge in [0, 0.05) is 11.4 Å². The summed E-state index contributed by atoms with van der Waals surface area (Å²) in [5.74, 6) is 1.37. The molecule has 0 atom stereocenters. The molecule has 0 saturated heterocycles. The lowest BCUT2D eigenvalue weighted by atomic mass is 10.2. The van der Waals surface area contributed by atoms with Crippen LogP contribution < -0.4 is 15.8 Å². The van der Waals surface area contributed by atoms with E-state index in [-0.39, 0.29) is 24.0 Å². The Hall–Kier alpha value is -1.28. The van der Waals surface area contributed by atoms with Crippen molar-refractivity contribution in [1.82, 2.24) is 5.32 Å². The van der Waals surface area contributed by atoms with Gasteiger partial charge in [0.2, 0.25) is 0 Å². The van der Waals surface area contributed by atoms with Crippen molar-refractivity contribution in [3.05, 3.63) is 52.2 Å². The molecular formula is C17H24IN3OS. The Balaban J connectivity index is 0.00000264. The molecule has 0 radical (unpaired) electrons. The van der Waals surface area contributed by atoms with Crippen LogP contribution in [-0.2, 0) is 13.0 Å². The third-order valence-corrected chi connectivity index (χ3v) is 4.00. The third kappa shape index (κ3) is 7.69. The lowest BCUT2D eigenvalue weighted by Gasteiger charge is -2.07. The van der Waals surface area contributed by atoms with Gasteiger partial charge in [0.05, 0.1) is 13.2 Å². The zero-order chi connectivity index (χ0) is 15.6. The van der Waals surface area contributed by atoms with Crippen LogP contribution in [0.25, 0.3) is 0 Å². The number of ether oxygens (including phenoxy) is 1. The lowest BCUT2D eigenvalue weighted by Crippen LogP contribution is -2.33. The summed E-state index contributed by atoms with van der Waals surface area (Å²) >= 11 is 1.76. The van der Waals surface area contributed by atoms with Gasteiger partial charge in [0.25, 0.3) is 0 Å². The maximum atomic E-state index is 5.89. The monoisotopic (exact) mass is 445 g/mol. The minimum Gasteiger partial charge on any atom is -0.494 e. The van der Waals surface area contributed by atoms with Gasteiger partial charge in [-0.15, -0.1) is 35.3 Å². The first-order valence-electron chi connectivity index (χ1n) is 7.56. The first-order valence-corrected chi connectivity index (χ1v) is 8.44. The van der Waals surface area contributed by atoms with Gasteiger partial charge in [0.15, 0.2) is 5.96 Å². The van der Waals surface area contributed by atoms with Crippen LogP contribution in [0.15, 0.2) is 46.8 Å². The van der Waals surface area contributed by atoms with Crippen molar-refractivity contribution < 1.29 is 4.74 Å². The number of aliphatic imine (C=N–C) groups is 1. The number of halogens is 1. The summed E-state index contributed by atoms with van der Waals surface area (Å²) in [6.07, 6.45) is 1.97. The molecule has 126 valence electrons.